The van der Waals surface area contributed by atoms with Gasteiger partial charge in [-0.15, -0.1) is 0 Å². The van der Waals surface area contributed by atoms with E-state index in [0.29, 0.717) is 12.1 Å². The van der Waals surface area contributed by atoms with E-state index in [2.05, 4.69) is 30.5 Å². The highest BCUT2D eigenvalue weighted by molar-refractivity contribution is 5.57. The number of hydrogen-bond donors (Lipinski definition) is 2. The third-order valence-electron chi connectivity index (χ3n) is 3.82. The van der Waals surface area contributed by atoms with Crippen molar-refractivity contribution in [2.24, 2.45) is 0 Å². The second kappa shape index (κ2) is 7.51. The van der Waals surface area contributed by atoms with Crippen molar-refractivity contribution < 1.29 is 13.2 Å². The molecule has 136 valence electrons. The van der Waals surface area contributed by atoms with E-state index in [9.17, 15) is 13.2 Å². The molecule has 6 nitrogen and oxygen atoms in total. The summed E-state index contributed by atoms with van der Waals surface area (Å²) in [7, 11) is 0. The summed E-state index contributed by atoms with van der Waals surface area (Å²) in [6.07, 6.45) is 1.68. The monoisotopic (exact) mass is 362 g/mol. The van der Waals surface area contributed by atoms with Crippen LogP contribution in [0.5, 0.6) is 0 Å². The first-order valence-electron chi connectivity index (χ1n) is 8.03. The van der Waals surface area contributed by atoms with Crippen LogP contribution >= 0.6 is 0 Å². The Morgan fingerprint density at radius 1 is 1.15 bits per heavy atom. The van der Waals surface area contributed by atoms with Gasteiger partial charge in [0, 0.05) is 36.3 Å². The number of alkyl halides is 3. The highest BCUT2D eigenvalue weighted by Crippen LogP contribution is 2.30. The summed E-state index contributed by atoms with van der Waals surface area (Å²) < 4.78 is 39.4. The lowest BCUT2D eigenvalue weighted by atomic mass is 10.1. The molecule has 3 heterocycles. The van der Waals surface area contributed by atoms with Gasteiger partial charge in [0.1, 0.15) is 5.82 Å². The smallest absolute Gasteiger partial charge is 0.370 e. The van der Waals surface area contributed by atoms with E-state index in [0.717, 1.165) is 30.2 Å². The Balaban J connectivity index is 1.74. The van der Waals surface area contributed by atoms with Crippen molar-refractivity contribution in [1.82, 2.24) is 25.1 Å². The maximum Gasteiger partial charge on any atom is 0.433 e. The van der Waals surface area contributed by atoms with Gasteiger partial charge in [-0.05, 0) is 37.5 Å². The average molecular weight is 362 g/mol. The fraction of sp³-hybridized carbons (Fsp3) is 0.294. The summed E-state index contributed by atoms with van der Waals surface area (Å²) in [4.78, 5) is 11.7. The lowest BCUT2D eigenvalue weighted by molar-refractivity contribution is -0.141. The molecule has 0 fully saturated rings. The van der Waals surface area contributed by atoms with E-state index in [1.165, 1.54) is 12.4 Å². The molecule has 0 aliphatic rings. The van der Waals surface area contributed by atoms with Gasteiger partial charge in [-0.25, -0.2) is 9.97 Å². The molecule has 0 aliphatic heterocycles. The van der Waals surface area contributed by atoms with E-state index >= 15 is 0 Å². The van der Waals surface area contributed by atoms with Crippen molar-refractivity contribution >= 4 is 5.82 Å². The number of hydrogen-bond acceptors (Lipinski definition) is 5. The predicted octanol–water partition coefficient (Wildman–Crippen LogP) is 3.63. The summed E-state index contributed by atoms with van der Waals surface area (Å²) >= 11 is 0. The van der Waals surface area contributed by atoms with Crippen molar-refractivity contribution in [3.05, 3.63) is 53.7 Å². The zero-order valence-electron chi connectivity index (χ0n) is 14.0. The normalized spacial score (nSPS) is 11.5. The molecule has 0 spiro atoms. The van der Waals surface area contributed by atoms with Crippen LogP contribution in [0.3, 0.4) is 0 Å². The van der Waals surface area contributed by atoms with Gasteiger partial charge in [-0.1, -0.05) is 0 Å². The van der Waals surface area contributed by atoms with Gasteiger partial charge >= 0.3 is 6.18 Å². The van der Waals surface area contributed by atoms with Gasteiger partial charge in [0.15, 0.2) is 11.5 Å². The predicted molar refractivity (Wildman–Crippen MR) is 90.4 cm³/mol. The number of nitrogens with one attached hydrogen (secondary N) is 2. The Morgan fingerprint density at radius 2 is 1.92 bits per heavy atom. The van der Waals surface area contributed by atoms with E-state index in [-0.39, 0.29) is 11.6 Å². The molecule has 0 aliphatic carbocycles. The molecular weight excluding hydrogens is 345 g/mol. The third kappa shape index (κ3) is 4.35. The quantitative estimate of drug-likeness (QED) is 0.655. The Kier molecular flexibility index (Phi) is 5.15. The molecule has 3 aromatic heterocycles. The molecule has 0 amide bonds. The summed E-state index contributed by atoms with van der Waals surface area (Å²) in [5, 5.41) is 9.75. The number of rotatable bonds is 6. The molecule has 3 rings (SSSR count). The summed E-state index contributed by atoms with van der Waals surface area (Å²) in [6.45, 7) is 2.41. The van der Waals surface area contributed by atoms with E-state index < -0.39 is 11.9 Å². The minimum absolute atomic E-state index is 0.00963. The zero-order chi connectivity index (χ0) is 18.6. The minimum atomic E-state index is -4.55. The van der Waals surface area contributed by atoms with Gasteiger partial charge in [-0.2, -0.15) is 18.3 Å². The number of anilines is 1. The van der Waals surface area contributed by atoms with Gasteiger partial charge in [0.25, 0.3) is 0 Å². The van der Waals surface area contributed by atoms with Gasteiger partial charge < -0.3 is 5.32 Å². The molecule has 26 heavy (non-hydrogen) atoms. The third-order valence-corrected chi connectivity index (χ3v) is 3.82. The van der Waals surface area contributed by atoms with Crippen molar-refractivity contribution in [2.75, 3.05) is 11.9 Å². The van der Waals surface area contributed by atoms with Crippen molar-refractivity contribution in [3.63, 3.8) is 0 Å². The van der Waals surface area contributed by atoms with Crippen LogP contribution < -0.4 is 5.32 Å². The minimum Gasteiger partial charge on any atom is -0.370 e. The second-order valence-corrected chi connectivity index (χ2v) is 5.75. The van der Waals surface area contributed by atoms with Crippen LogP contribution in [0, 0.1) is 6.92 Å². The van der Waals surface area contributed by atoms with Gasteiger partial charge in [0.2, 0.25) is 0 Å². The lowest BCUT2D eigenvalue weighted by Crippen LogP contribution is -2.13. The fourth-order valence-electron chi connectivity index (χ4n) is 2.44. The topological polar surface area (TPSA) is 79.4 Å². The van der Waals surface area contributed by atoms with Crippen LogP contribution in [0.1, 0.15) is 23.4 Å². The van der Waals surface area contributed by atoms with E-state index in [4.69, 9.17) is 0 Å². The SMILES string of the molecule is Cc1[nH]ncc1CCCNc1cc(C(F)(F)F)nc(-c2ccncc2)n1. The summed E-state index contributed by atoms with van der Waals surface area (Å²) in [6, 6.07) is 4.07. The molecule has 0 atom stereocenters. The Morgan fingerprint density at radius 3 is 2.58 bits per heavy atom. The molecule has 0 unspecified atom stereocenters. The molecule has 3 aromatic rings. The molecule has 0 saturated carbocycles. The number of aromatic amines is 1. The van der Waals surface area contributed by atoms with Crippen LogP contribution in [0.2, 0.25) is 0 Å². The van der Waals surface area contributed by atoms with Crippen LogP contribution in [-0.2, 0) is 12.6 Å². The number of H-pyrrole nitrogens is 1. The van der Waals surface area contributed by atoms with Crippen molar-refractivity contribution in [3.8, 4) is 11.4 Å². The maximum absolute atomic E-state index is 13.1. The van der Waals surface area contributed by atoms with Gasteiger partial charge in [-0.3, -0.25) is 10.1 Å². The van der Waals surface area contributed by atoms with Crippen LogP contribution in [0.4, 0.5) is 19.0 Å². The average Bonchev–Trinajstić information content (AvgIpc) is 3.03. The van der Waals surface area contributed by atoms with Gasteiger partial charge in [0.05, 0.1) is 6.20 Å². The van der Waals surface area contributed by atoms with Crippen LogP contribution in [0.15, 0.2) is 36.8 Å². The highest BCUT2D eigenvalue weighted by atomic mass is 19.4. The number of pyridine rings is 1. The van der Waals surface area contributed by atoms with Crippen LogP contribution in [-0.4, -0.2) is 31.7 Å². The van der Waals surface area contributed by atoms with E-state index in [1.807, 2.05) is 6.92 Å². The van der Waals surface area contributed by atoms with Crippen molar-refractivity contribution in [2.45, 2.75) is 25.9 Å². The molecule has 0 bridgehead atoms. The standard InChI is InChI=1S/C17H17F3N6/c1-11-13(10-23-26-11)3-2-6-22-15-9-14(17(18,19)20)24-16(25-15)12-4-7-21-8-5-12/h4-5,7-10H,2-3,6H2,1H3,(H,23,26)(H,22,24,25). The molecule has 0 aromatic carbocycles. The molecular formula is C17H17F3N6. The van der Waals surface area contributed by atoms with Crippen LogP contribution in [0.25, 0.3) is 11.4 Å². The fourth-order valence-corrected chi connectivity index (χ4v) is 2.44. The maximum atomic E-state index is 13.1. The first-order valence-corrected chi connectivity index (χ1v) is 8.03. The molecule has 0 saturated heterocycles. The highest BCUT2D eigenvalue weighted by Gasteiger charge is 2.33. The number of halogens is 3. The lowest BCUT2D eigenvalue weighted by Gasteiger charge is -2.12. The Hall–Kier alpha value is -2.97. The first kappa shape index (κ1) is 17.8. The molecule has 0 radical (unpaired) electrons. The first-order chi connectivity index (χ1) is 12.4. The number of nitrogens with zero attached hydrogens (tertiary/aromatic N) is 4. The number of aromatic nitrogens is 5. The largest absolute Gasteiger partial charge is 0.433 e. The number of aryl methyl sites for hydroxylation is 2. The Labute approximate surface area is 147 Å². The Bertz CT molecular complexity index is 860. The zero-order valence-corrected chi connectivity index (χ0v) is 14.0. The molecule has 2 N–H and O–H groups in total. The van der Waals surface area contributed by atoms with E-state index in [1.54, 1.807) is 18.3 Å². The molecule has 9 heteroatoms. The second-order valence-electron chi connectivity index (χ2n) is 5.75. The van der Waals surface area contributed by atoms with Crippen molar-refractivity contribution in [1.29, 1.82) is 0 Å². The summed E-state index contributed by atoms with van der Waals surface area (Å²) in [5.74, 6) is 0.151. The summed E-state index contributed by atoms with van der Waals surface area (Å²) in [5.41, 5.74) is 1.57.